The van der Waals surface area contributed by atoms with E-state index in [1.807, 2.05) is 0 Å². The van der Waals surface area contributed by atoms with Gasteiger partial charge in [0.1, 0.15) is 0 Å². The summed E-state index contributed by atoms with van der Waals surface area (Å²) in [7, 11) is 2.07. The molecule has 0 bridgehead atoms. The Morgan fingerprint density at radius 2 is 2.22 bits per heavy atom. The van der Waals surface area contributed by atoms with Crippen LogP contribution >= 0.6 is 11.3 Å². The van der Waals surface area contributed by atoms with Crippen LogP contribution in [0.1, 0.15) is 49.5 Å². The number of ether oxygens (including phenoxy) is 1. The molecule has 1 aromatic heterocycles. The molecule has 0 amide bonds. The first-order chi connectivity index (χ1) is 8.72. The van der Waals surface area contributed by atoms with Crippen LogP contribution in [0.15, 0.2) is 5.38 Å². The summed E-state index contributed by atoms with van der Waals surface area (Å²) in [5, 5.41) is 2.71. The molecule has 100 valence electrons. The fourth-order valence-electron chi connectivity index (χ4n) is 2.35. The Hall–Kier alpha value is -1.10. The third-order valence-electron chi connectivity index (χ3n) is 3.40. The highest BCUT2D eigenvalue weighted by atomic mass is 32.1. The van der Waals surface area contributed by atoms with E-state index in [1.54, 1.807) is 12.3 Å². The minimum atomic E-state index is -0.322. The first-order valence-electron chi connectivity index (χ1n) is 6.58. The molecule has 1 aromatic rings. The van der Waals surface area contributed by atoms with E-state index in [0.29, 0.717) is 18.3 Å². The highest BCUT2D eigenvalue weighted by Gasteiger charge is 2.21. The summed E-state index contributed by atoms with van der Waals surface area (Å²) in [6.45, 7) is 2.20. The van der Waals surface area contributed by atoms with Gasteiger partial charge in [-0.05, 0) is 19.8 Å². The van der Waals surface area contributed by atoms with Gasteiger partial charge in [-0.15, -0.1) is 11.3 Å². The van der Waals surface area contributed by atoms with Gasteiger partial charge in [-0.1, -0.05) is 19.3 Å². The summed E-state index contributed by atoms with van der Waals surface area (Å²) in [5.74, 6) is -0.322. The molecule has 5 heteroatoms. The number of hydrogen-bond acceptors (Lipinski definition) is 5. The first-order valence-corrected chi connectivity index (χ1v) is 7.45. The Kier molecular flexibility index (Phi) is 4.58. The van der Waals surface area contributed by atoms with Gasteiger partial charge in [0.2, 0.25) is 0 Å². The minimum Gasteiger partial charge on any atom is -0.461 e. The highest BCUT2D eigenvalue weighted by Crippen LogP contribution is 2.28. The van der Waals surface area contributed by atoms with Crippen LogP contribution in [0.2, 0.25) is 0 Å². The second kappa shape index (κ2) is 6.18. The molecule has 0 N–H and O–H groups in total. The molecule has 0 aromatic carbocycles. The van der Waals surface area contributed by atoms with Crippen LogP contribution in [0, 0.1) is 0 Å². The molecule has 0 saturated heterocycles. The second-order valence-electron chi connectivity index (χ2n) is 4.64. The van der Waals surface area contributed by atoms with Crippen molar-refractivity contribution in [3.05, 3.63) is 11.1 Å². The molecule has 0 aliphatic heterocycles. The standard InChI is InChI=1S/C13H20N2O2S/c1-3-17-12(16)11-9-18-13(14-11)15(2)10-7-5-4-6-8-10/h9-10H,3-8H2,1-2H3. The molecule has 1 heterocycles. The molecule has 18 heavy (non-hydrogen) atoms. The number of aromatic nitrogens is 1. The number of anilines is 1. The lowest BCUT2D eigenvalue weighted by Gasteiger charge is -2.30. The zero-order chi connectivity index (χ0) is 13.0. The van der Waals surface area contributed by atoms with Crippen molar-refractivity contribution in [3.63, 3.8) is 0 Å². The number of rotatable bonds is 4. The van der Waals surface area contributed by atoms with E-state index in [-0.39, 0.29) is 5.97 Å². The highest BCUT2D eigenvalue weighted by molar-refractivity contribution is 7.13. The molecule has 0 atom stereocenters. The molecule has 0 unspecified atom stereocenters. The zero-order valence-electron chi connectivity index (χ0n) is 11.0. The van der Waals surface area contributed by atoms with E-state index < -0.39 is 0 Å². The molecule has 0 radical (unpaired) electrons. The molecule has 2 rings (SSSR count). The van der Waals surface area contributed by atoms with Gasteiger partial charge in [0.25, 0.3) is 0 Å². The predicted octanol–water partition coefficient (Wildman–Crippen LogP) is 3.09. The van der Waals surface area contributed by atoms with E-state index >= 15 is 0 Å². The number of carbonyl (C=O) groups is 1. The molecular weight excluding hydrogens is 248 g/mol. The molecule has 1 fully saturated rings. The number of thiazole rings is 1. The number of hydrogen-bond donors (Lipinski definition) is 0. The second-order valence-corrected chi connectivity index (χ2v) is 5.48. The summed E-state index contributed by atoms with van der Waals surface area (Å²) in [4.78, 5) is 18.1. The fourth-order valence-corrected chi connectivity index (χ4v) is 3.18. The average molecular weight is 268 g/mol. The number of carbonyl (C=O) groups excluding carboxylic acids is 1. The van der Waals surface area contributed by atoms with Gasteiger partial charge in [0.05, 0.1) is 6.61 Å². The average Bonchev–Trinajstić information content (AvgIpc) is 2.89. The quantitative estimate of drug-likeness (QED) is 0.787. The summed E-state index contributed by atoms with van der Waals surface area (Å²) < 4.78 is 4.95. The van der Waals surface area contributed by atoms with Crippen molar-refractivity contribution < 1.29 is 9.53 Å². The van der Waals surface area contributed by atoms with E-state index in [2.05, 4.69) is 16.9 Å². The van der Waals surface area contributed by atoms with Crippen LogP contribution in [0.3, 0.4) is 0 Å². The van der Waals surface area contributed by atoms with Gasteiger partial charge < -0.3 is 9.64 Å². The Labute approximate surface area is 112 Å². The van der Waals surface area contributed by atoms with Crippen LogP contribution < -0.4 is 4.90 Å². The number of esters is 1. The zero-order valence-corrected chi connectivity index (χ0v) is 11.8. The molecule has 1 aliphatic carbocycles. The lowest BCUT2D eigenvalue weighted by Crippen LogP contribution is -2.33. The van der Waals surface area contributed by atoms with Crippen molar-refractivity contribution in [3.8, 4) is 0 Å². The smallest absolute Gasteiger partial charge is 0.357 e. The van der Waals surface area contributed by atoms with Gasteiger partial charge in [0, 0.05) is 18.5 Å². The van der Waals surface area contributed by atoms with Crippen LogP contribution in [0.5, 0.6) is 0 Å². The van der Waals surface area contributed by atoms with Gasteiger partial charge in [-0.2, -0.15) is 0 Å². The van der Waals surface area contributed by atoms with Gasteiger partial charge in [-0.3, -0.25) is 0 Å². The topological polar surface area (TPSA) is 42.4 Å². The van der Waals surface area contributed by atoms with E-state index in [0.717, 1.165) is 5.13 Å². The Morgan fingerprint density at radius 1 is 1.50 bits per heavy atom. The third-order valence-corrected chi connectivity index (χ3v) is 4.33. The van der Waals surface area contributed by atoms with Crippen molar-refractivity contribution in [2.24, 2.45) is 0 Å². The van der Waals surface area contributed by atoms with E-state index in [1.165, 1.54) is 43.4 Å². The maximum Gasteiger partial charge on any atom is 0.357 e. The molecule has 4 nitrogen and oxygen atoms in total. The van der Waals surface area contributed by atoms with Crippen LogP contribution in [0.25, 0.3) is 0 Å². The first kappa shape index (κ1) is 13.3. The van der Waals surface area contributed by atoms with Crippen molar-refractivity contribution in [1.29, 1.82) is 0 Å². The Morgan fingerprint density at radius 3 is 2.89 bits per heavy atom. The minimum absolute atomic E-state index is 0.322. The Balaban J connectivity index is 2.02. The van der Waals surface area contributed by atoms with E-state index in [9.17, 15) is 4.79 Å². The maximum atomic E-state index is 11.6. The van der Waals surface area contributed by atoms with Gasteiger partial charge in [-0.25, -0.2) is 9.78 Å². The SMILES string of the molecule is CCOC(=O)c1csc(N(C)C2CCCCC2)n1. The van der Waals surface area contributed by atoms with Crippen molar-refractivity contribution in [1.82, 2.24) is 4.98 Å². The third kappa shape index (κ3) is 3.02. The van der Waals surface area contributed by atoms with Crippen LogP contribution in [0.4, 0.5) is 5.13 Å². The van der Waals surface area contributed by atoms with Crippen molar-refractivity contribution >= 4 is 22.4 Å². The molecule has 0 spiro atoms. The molecule has 1 saturated carbocycles. The predicted molar refractivity (Wildman–Crippen MR) is 73.3 cm³/mol. The van der Waals surface area contributed by atoms with Gasteiger partial charge in [0.15, 0.2) is 10.8 Å². The van der Waals surface area contributed by atoms with E-state index in [4.69, 9.17) is 4.74 Å². The lowest BCUT2D eigenvalue weighted by molar-refractivity contribution is 0.0520. The summed E-state index contributed by atoms with van der Waals surface area (Å²) >= 11 is 1.52. The van der Waals surface area contributed by atoms with Gasteiger partial charge >= 0.3 is 5.97 Å². The monoisotopic (exact) mass is 268 g/mol. The molecular formula is C13H20N2O2S. The van der Waals surface area contributed by atoms with Crippen molar-refractivity contribution in [2.75, 3.05) is 18.6 Å². The summed E-state index contributed by atoms with van der Waals surface area (Å²) in [6.07, 6.45) is 6.39. The normalized spacial score (nSPS) is 16.6. The fraction of sp³-hybridized carbons (Fsp3) is 0.692. The Bertz CT molecular complexity index is 399. The molecule has 1 aliphatic rings. The maximum absolute atomic E-state index is 11.6. The number of nitrogens with zero attached hydrogens (tertiary/aromatic N) is 2. The lowest BCUT2D eigenvalue weighted by atomic mass is 9.95. The summed E-state index contributed by atoms with van der Waals surface area (Å²) in [5.41, 5.74) is 0.430. The van der Waals surface area contributed by atoms with Crippen molar-refractivity contribution in [2.45, 2.75) is 45.1 Å². The summed E-state index contributed by atoms with van der Waals surface area (Å²) in [6, 6.07) is 0.569. The van der Waals surface area contributed by atoms with Crippen LogP contribution in [-0.4, -0.2) is 30.6 Å². The van der Waals surface area contributed by atoms with Crippen LogP contribution in [-0.2, 0) is 4.74 Å². The largest absolute Gasteiger partial charge is 0.461 e.